The highest BCUT2D eigenvalue weighted by Crippen LogP contribution is 2.22. The van der Waals surface area contributed by atoms with E-state index in [4.69, 9.17) is 4.74 Å². The first-order valence-corrected chi connectivity index (χ1v) is 30.3. The van der Waals surface area contributed by atoms with Crippen LogP contribution < -0.4 is 12.4 Å². The summed E-state index contributed by atoms with van der Waals surface area (Å²) < 4.78 is 6.52. The van der Waals surface area contributed by atoms with Crippen molar-refractivity contribution < 1.29 is 31.5 Å². The van der Waals surface area contributed by atoms with E-state index in [1.54, 1.807) is 6.92 Å². The first kappa shape index (κ1) is 67.5. The van der Waals surface area contributed by atoms with Crippen LogP contribution in [0.25, 0.3) is 0 Å². The number of halogens is 1. The van der Waals surface area contributed by atoms with E-state index in [1.165, 1.54) is 308 Å². The van der Waals surface area contributed by atoms with Gasteiger partial charge < -0.3 is 26.7 Å². The van der Waals surface area contributed by atoms with E-state index < -0.39 is 6.10 Å². The Balaban J connectivity index is 0. The molecule has 0 radical (unpaired) electrons. The molecule has 66 heavy (non-hydrogen) atoms. The Labute approximate surface area is 422 Å². The quantitative estimate of drug-likeness (QED) is 0.0286. The molecule has 0 aromatic carbocycles. The Hall–Kier alpha value is -0.580. The van der Waals surface area contributed by atoms with Crippen molar-refractivity contribution in [3.8, 4) is 0 Å². The highest BCUT2D eigenvalue weighted by atomic mass is 35.5. The van der Waals surface area contributed by atoms with Crippen molar-refractivity contribution in [1.82, 2.24) is 0 Å². The molecule has 396 valence electrons. The number of hydrogen-bond donors (Lipinski definition) is 1. The fourth-order valence-corrected chi connectivity index (χ4v) is 10.4. The summed E-state index contributed by atoms with van der Waals surface area (Å²) in [7, 11) is 0. The molecule has 0 saturated carbocycles. The van der Waals surface area contributed by atoms with Crippen LogP contribution in [-0.2, 0) is 9.53 Å². The van der Waals surface area contributed by atoms with Gasteiger partial charge in [0.05, 0.1) is 19.6 Å². The standard InChI is InChI=1S/C61H122NO3.ClH/c1-6-9-12-15-18-21-24-27-30-33-36-39-42-45-48-51-54-62(57-60(63)58-65-61(64)59(4)5,55-52-49-46-43-40-37-34-31-28-25-22-19-16-13-10-7-2)56-53-50-47-44-41-38-35-32-29-26-23-20-17-14-11-8-3;/h60,63H,4,6-58H2,1-3,5H3;1H/q+1;/p-1. The van der Waals surface area contributed by atoms with Crippen LogP contribution in [-0.4, -0.2) is 54.4 Å². The molecule has 0 aliphatic rings. The van der Waals surface area contributed by atoms with Gasteiger partial charge in [0.2, 0.25) is 0 Å². The highest BCUT2D eigenvalue weighted by Gasteiger charge is 2.30. The summed E-state index contributed by atoms with van der Waals surface area (Å²) in [6.45, 7) is 16.6. The molecular weight excluding hydrogens is 830 g/mol. The molecule has 1 unspecified atom stereocenters. The summed E-state index contributed by atoms with van der Waals surface area (Å²) in [5.41, 5.74) is 0.410. The van der Waals surface area contributed by atoms with Gasteiger partial charge >= 0.3 is 5.97 Å². The lowest BCUT2D eigenvalue weighted by atomic mass is 10.0. The van der Waals surface area contributed by atoms with E-state index in [0.29, 0.717) is 12.1 Å². The van der Waals surface area contributed by atoms with Gasteiger partial charge in [-0.15, -0.1) is 0 Å². The van der Waals surface area contributed by atoms with Crippen LogP contribution in [0.5, 0.6) is 0 Å². The summed E-state index contributed by atoms with van der Waals surface area (Å²) in [4.78, 5) is 12.3. The van der Waals surface area contributed by atoms with Crippen molar-refractivity contribution in [1.29, 1.82) is 0 Å². The Kier molecular flexibility index (Phi) is 56.6. The number of ether oxygens (including phenoxy) is 1. The highest BCUT2D eigenvalue weighted by molar-refractivity contribution is 5.86. The molecule has 0 heterocycles. The van der Waals surface area contributed by atoms with Crippen molar-refractivity contribution >= 4 is 5.97 Å². The van der Waals surface area contributed by atoms with Gasteiger partial charge in [0, 0.05) is 5.57 Å². The normalized spacial score (nSPS) is 12.1. The van der Waals surface area contributed by atoms with Crippen molar-refractivity contribution in [3.63, 3.8) is 0 Å². The number of carbonyl (C=O) groups excluding carboxylic acids is 1. The molecule has 0 amide bonds. The molecule has 0 fully saturated rings. The van der Waals surface area contributed by atoms with Crippen molar-refractivity contribution in [2.24, 2.45) is 0 Å². The molecule has 0 aromatic rings. The molecule has 0 rings (SSSR count). The predicted molar refractivity (Wildman–Crippen MR) is 290 cm³/mol. The lowest BCUT2D eigenvalue weighted by molar-refractivity contribution is -0.931. The maximum atomic E-state index is 12.3. The van der Waals surface area contributed by atoms with E-state index in [-0.39, 0.29) is 25.0 Å². The predicted octanol–water partition coefficient (Wildman–Crippen LogP) is 17.1. The van der Waals surface area contributed by atoms with Crippen LogP contribution in [0.4, 0.5) is 0 Å². The minimum Gasteiger partial charge on any atom is -1.00 e. The summed E-state index contributed by atoms with van der Waals surface area (Å²) >= 11 is 0. The number of carbonyl (C=O) groups is 1. The molecule has 0 saturated heterocycles. The summed E-state index contributed by atoms with van der Waals surface area (Å²) in [5, 5.41) is 11.4. The third-order valence-corrected chi connectivity index (χ3v) is 14.8. The molecule has 0 aliphatic heterocycles. The molecule has 4 nitrogen and oxygen atoms in total. The monoisotopic (exact) mass is 952 g/mol. The number of aliphatic hydroxyl groups is 1. The van der Waals surface area contributed by atoms with E-state index in [9.17, 15) is 9.90 Å². The lowest BCUT2D eigenvalue weighted by Crippen LogP contribution is -3.00. The first-order valence-electron chi connectivity index (χ1n) is 30.3. The smallest absolute Gasteiger partial charge is 0.333 e. The summed E-state index contributed by atoms with van der Waals surface area (Å²) in [6.07, 6.45) is 66.3. The number of esters is 1. The fraction of sp³-hybridized carbons (Fsp3) is 0.951. The SMILES string of the molecule is C=C(C)C(=O)OCC(O)C[N+](CCCCCCCCCCCCCCCCCC)(CCCCCCCCCCCCCCCCCC)CCCCCCCCCCCCCCCCCC.[Cl-]. The van der Waals surface area contributed by atoms with Gasteiger partial charge in [-0.1, -0.05) is 297 Å². The number of hydrogen-bond acceptors (Lipinski definition) is 3. The van der Waals surface area contributed by atoms with Crippen molar-refractivity contribution in [3.05, 3.63) is 12.2 Å². The molecule has 1 atom stereocenters. The average molecular weight is 953 g/mol. The van der Waals surface area contributed by atoms with E-state index in [0.717, 1.165) is 24.1 Å². The Morgan fingerprint density at radius 3 is 0.742 bits per heavy atom. The third-order valence-electron chi connectivity index (χ3n) is 14.8. The number of quaternary nitrogens is 1. The second-order valence-electron chi connectivity index (χ2n) is 21.6. The van der Waals surface area contributed by atoms with Crippen LogP contribution in [0.1, 0.15) is 336 Å². The molecule has 0 aromatic heterocycles. The van der Waals surface area contributed by atoms with Gasteiger partial charge in [-0.3, -0.25) is 0 Å². The Morgan fingerprint density at radius 2 is 0.561 bits per heavy atom. The number of rotatable bonds is 56. The average Bonchev–Trinajstić information content (AvgIpc) is 3.30. The van der Waals surface area contributed by atoms with Crippen LogP contribution in [0.3, 0.4) is 0 Å². The zero-order chi connectivity index (χ0) is 47.4. The second kappa shape index (κ2) is 55.3. The Morgan fingerprint density at radius 1 is 0.379 bits per heavy atom. The Bertz CT molecular complexity index is 868. The lowest BCUT2D eigenvalue weighted by Gasteiger charge is -2.40. The molecule has 5 heteroatoms. The van der Waals surface area contributed by atoms with Gasteiger partial charge in [-0.05, 0) is 45.4 Å². The van der Waals surface area contributed by atoms with E-state index in [1.807, 2.05) is 0 Å². The van der Waals surface area contributed by atoms with Gasteiger partial charge in [0.1, 0.15) is 19.3 Å². The van der Waals surface area contributed by atoms with E-state index in [2.05, 4.69) is 27.4 Å². The van der Waals surface area contributed by atoms with Gasteiger partial charge in [0.15, 0.2) is 0 Å². The third kappa shape index (κ3) is 49.8. The van der Waals surface area contributed by atoms with Crippen LogP contribution >= 0.6 is 0 Å². The maximum Gasteiger partial charge on any atom is 0.333 e. The van der Waals surface area contributed by atoms with Crippen LogP contribution in [0.2, 0.25) is 0 Å². The molecule has 0 aliphatic carbocycles. The minimum absolute atomic E-state index is 0. The topological polar surface area (TPSA) is 46.5 Å². The molecule has 1 N–H and O–H groups in total. The van der Waals surface area contributed by atoms with Crippen LogP contribution in [0.15, 0.2) is 12.2 Å². The number of unbranched alkanes of at least 4 members (excludes halogenated alkanes) is 45. The van der Waals surface area contributed by atoms with Crippen molar-refractivity contribution in [2.45, 2.75) is 342 Å². The van der Waals surface area contributed by atoms with Crippen molar-refractivity contribution in [2.75, 3.05) is 32.8 Å². The zero-order valence-corrected chi connectivity index (χ0v) is 46.6. The first-order chi connectivity index (χ1) is 31.9. The van der Waals surface area contributed by atoms with Gasteiger partial charge in [0.25, 0.3) is 0 Å². The summed E-state index contributed by atoms with van der Waals surface area (Å²) in [6, 6.07) is 0. The minimum atomic E-state index is -0.624. The largest absolute Gasteiger partial charge is 1.00 e. The van der Waals surface area contributed by atoms with E-state index >= 15 is 0 Å². The summed E-state index contributed by atoms with van der Waals surface area (Å²) in [5.74, 6) is -0.379. The van der Waals surface area contributed by atoms with Gasteiger partial charge in [-0.25, -0.2) is 4.79 Å². The number of aliphatic hydroxyl groups excluding tert-OH is 1. The van der Waals surface area contributed by atoms with Gasteiger partial charge in [-0.2, -0.15) is 0 Å². The van der Waals surface area contributed by atoms with Crippen LogP contribution in [0, 0.1) is 0 Å². The molecule has 0 bridgehead atoms. The second-order valence-corrected chi connectivity index (χ2v) is 21.6. The molecule has 0 spiro atoms. The fourth-order valence-electron chi connectivity index (χ4n) is 10.4. The maximum absolute atomic E-state index is 12.3. The number of nitrogens with zero attached hydrogens (tertiary/aromatic N) is 1. The zero-order valence-electron chi connectivity index (χ0n) is 45.9. The molecular formula is C61H122ClNO3.